The van der Waals surface area contributed by atoms with Gasteiger partial charge in [-0.05, 0) is 44.2 Å². The third-order valence-electron chi connectivity index (χ3n) is 5.76. The molecule has 0 bridgehead atoms. The molecule has 2 aliphatic rings. The Labute approximate surface area is 166 Å². The number of piperidine rings is 2. The van der Waals surface area contributed by atoms with Gasteiger partial charge in [0.2, 0.25) is 0 Å². The van der Waals surface area contributed by atoms with E-state index >= 15 is 0 Å². The summed E-state index contributed by atoms with van der Waals surface area (Å²) in [4.78, 5) is 17.3. The molecule has 0 atom stereocenters. The number of aromatic nitrogens is 3. The molecule has 0 N–H and O–H groups in total. The number of benzene rings is 1. The molecule has 0 unspecified atom stereocenters. The van der Waals surface area contributed by atoms with Crippen molar-refractivity contribution < 1.29 is 9.53 Å². The lowest BCUT2D eigenvalue weighted by molar-refractivity contribution is 0.0701. The second kappa shape index (κ2) is 8.73. The van der Waals surface area contributed by atoms with Crippen molar-refractivity contribution in [3.8, 4) is 5.75 Å². The van der Waals surface area contributed by atoms with E-state index in [0.29, 0.717) is 5.56 Å². The average Bonchev–Trinajstić information content (AvgIpc) is 3.14. The Bertz CT molecular complexity index is 792. The SMILES string of the molecule is Cn1cnnc1CN1CCC(Oc2ccccc2C(=O)N2CCCCC2)CC1. The zero-order valence-corrected chi connectivity index (χ0v) is 16.6. The van der Waals surface area contributed by atoms with E-state index in [0.717, 1.165) is 70.0 Å². The number of rotatable bonds is 5. The Balaban J connectivity index is 1.35. The van der Waals surface area contributed by atoms with E-state index < -0.39 is 0 Å². The highest BCUT2D eigenvalue weighted by Gasteiger charge is 2.25. The van der Waals surface area contributed by atoms with Crippen LogP contribution in [0.3, 0.4) is 0 Å². The maximum Gasteiger partial charge on any atom is 0.257 e. The summed E-state index contributed by atoms with van der Waals surface area (Å²) in [6, 6.07) is 7.71. The van der Waals surface area contributed by atoms with Crippen LogP contribution >= 0.6 is 0 Å². The number of aryl methyl sites for hydroxylation is 1. The molecule has 0 spiro atoms. The van der Waals surface area contributed by atoms with Crippen molar-refractivity contribution in [3.63, 3.8) is 0 Å². The fraction of sp³-hybridized carbons (Fsp3) is 0.571. The number of ether oxygens (including phenoxy) is 1. The third kappa shape index (κ3) is 4.35. The molecule has 0 aliphatic carbocycles. The predicted molar refractivity (Wildman–Crippen MR) is 106 cm³/mol. The molecule has 2 fully saturated rings. The van der Waals surface area contributed by atoms with Crippen LogP contribution in [0, 0.1) is 0 Å². The van der Waals surface area contributed by atoms with Gasteiger partial charge in [-0.1, -0.05) is 12.1 Å². The second-order valence-electron chi connectivity index (χ2n) is 7.80. The van der Waals surface area contributed by atoms with E-state index in [9.17, 15) is 4.79 Å². The Hall–Kier alpha value is -2.41. The second-order valence-corrected chi connectivity index (χ2v) is 7.80. The number of hydrogen-bond donors (Lipinski definition) is 0. The first-order chi connectivity index (χ1) is 13.7. The molecule has 1 aromatic heterocycles. The van der Waals surface area contributed by atoms with Crippen LogP contribution < -0.4 is 4.74 Å². The van der Waals surface area contributed by atoms with Crippen molar-refractivity contribution in [1.29, 1.82) is 0 Å². The van der Waals surface area contributed by atoms with Crippen molar-refractivity contribution in [2.24, 2.45) is 7.05 Å². The van der Waals surface area contributed by atoms with Gasteiger partial charge in [0.15, 0.2) is 0 Å². The topological polar surface area (TPSA) is 63.5 Å². The zero-order chi connectivity index (χ0) is 19.3. The molecule has 2 saturated heterocycles. The van der Waals surface area contributed by atoms with Crippen LogP contribution in [0.25, 0.3) is 0 Å². The lowest BCUT2D eigenvalue weighted by Gasteiger charge is -2.32. The Morgan fingerprint density at radius 3 is 2.57 bits per heavy atom. The van der Waals surface area contributed by atoms with Gasteiger partial charge < -0.3 is 14.2 Å². The molecule has 7 heteroatoms. The normalized spacial score (nSPS) is 19.0. The molecule has 0 radical (unpaired) electrons. The third-order valence-corrected chi connectivity index (χ3v) is 5.76. The summed E-state index contributed by atoms with van der Waals surface area (Å²) in [5.74, 6) is 1.82. The molecule has 7 nitrogen and oxygen atoms in total. The summed E-state index contributed by atoms with van der Waals surface area (Å²) in [6.07, 6.45) is 7.19. The lowest BCUT2D eigenvalue weighted by atomic mass is 10.1. The first kappa shape index (κ1) is 18.9. The number of likely N-dealkylation sites (tertiary alicyclic amines) is 2. The van der Waals surface area contributed by atoms with Crippen LogP contribution in [-0.4, -0.2) is 62.8 Å². The van der Waals surface area contributed by atoms with E-state index in [1.165, 1.54) is 6.42 Å². The summed E-state index contributed by atoms with van der Waals surface area (Å²) < 4.78 is 8.26. The molecule has 28 heavy (non-hydrogen) atoms. The number of hydrogen-bond acceptors (Lipinski definition) is 5. The molecule has 4 rings (SSSR count). The number of amides is 1. The molecule has 0 saturated carbocycles. The quantitative estimate of drug-likeness (QED) is 0.794. The highest BCUT2D eigenvalue weighted by Crippen LogP contribution is 2.25. The van der Waals surface area contributed by atoms with Gasteiger partial charge >= 0.3 is 0 Å². The van der Waals surface area contributed by atoms with Crippen LogP contribution in [-0.2, 0) is 13.6 Å². The largest absolute Gasteiger partial charge is 0.489 e. The Morgan fingerprint density at radius 1 is 1.11 bits per heavy atom. The highest BCUT2D eigenvalue weighted by molar-refractivity contribution is 5.97. The van der Waals surface area contributed by atoms with Gasteiger partial charge in [-0.2, -0.15) is 0 Å². The molecular weight excluding hydrogens is 354 g/mol. The first-order valence-electron chi connectivity index (χ1n) is 10.3. The Morgan fingerprint density at radius 2 is 1.86 bits per heavy atom. The van der Waals surface area contributed by atoms with Crippen LogP contribution in [0.4, 0.5) is 0 Å². The van der Waals surface area contributed by atoms with Gasteiger partial charge in [0.05, 0.1) is 12.1 Å². The monoisotopic (exact) mass is 383 g/mol. The summed E-state index contributed by atoms with van der Waals surface area (Å²) in [5, 5.41) is 8.12. The molecule has 150 valence electrons. The van der Waals surface area contributed by atoms with Crippen LogP contribution in [0.15, 0.2) is 30.6 Å². The molecule has 2 aliphatic heterocycles. The fourth-order valence-electron chi connectivity index (χ4n) is 4.03. The predicted octanol–water partition coefficient (Wildman–Crippen LogP) is 2.48. The van der Waals surface area contributed by atoms with Crippen molar-refractivity contribution in [3.05, 3.63) is 42.0 Å². The minimum absolute atomic E-state index is 0.106. The van der Waals surface area contributed by atoms with E-state index in [1.54, 1.807) is 6.33 Å². The van der Waals surface area contributed by atoms with Gasteiger partial charge in [-0.3, -0.25) is 9.69 Å². The standard InChI is InChI=1S/C21H29N5O2/c1-24-16-22-23-20(24)15-25-13-9-17(10-14-25)28-19-8-4-3-7-18(19)21(27)26-11-5-2-6-12-26/h3-4,7-8,16-17H,2,5-6,9-15H2,1H3. The zero-order valence-electron chi connectivity index (χ0n) is 16.6. The van der Waals surface area contributed by atoms with Crippen molar-refractivity contribution >= 4 is 5.91 Å². The van der Waals surface area contributed by atoms with E-state index in [2.05, 4.69) is 15.1 Å². The van der Waals surface area contributed by atoms with Gasteiger partial charge in [0, 0.05) is 33.2 Å². The molecule has 2 aromatic rings. The van der Waals surface area contributed by atoms with Crippen molar-refractivity contribution in [1.82, 2.24) is 24.6 Å². The summed E-state index contributed by atoms with van der Waals surface area (Å²) in [7, 11) is 1.97. The van der Waals surface area contributed by atoms with Gasteiger partial charge in [0.1, 0.15) is 24.0 Å². The van der Waals surface area contributed by atoms with Crippen molar-refractivity contribution in [2.75, 3.05) is 26.2 Å². The van der Waals surface area contributed by atoms with E-state index in [-0.39, 0.29) is 12.0 Å². The lowest BCUT2D eigenvalue weighted by Crippen LogP contribution is -2.39. The Kier molecular flexibility index (Phi) is 5.90. The molecular formula is C21H29N5O2. The maximum atomic E-state index is 12.9. The highest BCUT2D eigenvalue weighted by atomic mass is 16.5. The minimum atomic E-state index is 0.106. The summed E-state index contributed by atoms with van der Waals surface area (Å²) in [5.41, 5.74) is 0.700. The summed E-state index contributed by atoms with van der Waals surface area (Å²) in [6.45, 7) is 4.44. The minimum Gasteiger partial charge on any atom is -0.489 e. The van der Waals surface area contributed by atoms with Crippen molar-refractivity contribution in [2.45, 2.75) is 44.8 Å². The van der Waals surface area contributed by atoms with Crippen LogP contribution in [0.5, 0.6) is 5.75 Å². The van der Waals surface area contributed by atoms with E-state index in [1.807, 2.05) is 40.8 Å². The first-order valence-corrected chi connectivity index (χ1v) is 10.3. The van der Waals surface area contributed by atoms with E-state index in [4.69, 9.17) is 4.74 Å². The van der Waals surface area contributed by atoms with Crippen LogP contribution in [0.1, 0.15) is 48.3 Å². The van der Waals surface area contributed by atoms with Gasteiger partial charge in [-0.25, -0.2) is 0 Å². The van der Waals surface area contributed by atoms with Gasteiger partial charge in [0.25, 0.3) is 5.91 Å². The fourth-order valence-corrected chi connectivity index (χ4v) is 4.03. The number of nitrogens with zero attached hydrogens (tertiary/aromatic N) is 5. The molecule has 3 heterocycles. The average molecular weight is 383 g/mol. The smallest absolute Gasteiger partial charge is 0.257 e. The molecule has 1 amide bonds. The maximum absolute atomic E-state index is 12.9. The van der Waals surface area contributed by atoms with Crippen LogP contribution in [0.2, 0.25) is 0 Å². The molecule has 1 aromatic carbocycles. The number of carbonyl (C=O) groups is 1. The number of para-hydroxylation sites is 1. The number of carbonyl (C=O) groups excluding carboxylic acids is 1. The van der Waals surface area contributed by atoms with Gasteiger partial charge in [-0.15, -0.1) is 10.2 Å². The summed E-state index contributed by atoms with van der Waals surface area (Å²) >= 11 is 0.